The first-order chi connectivity index (χ1) is 10.6. The predicted octanol–water partition coefficient (Wildman–Crippen LogP) is 1.84. The van der Waals surface area contributed by atoms with Gasteiger partial charge in [-0.15, -0.1) is 0 Å². The fourth-order valence-electron chi connectivity index (χ4n) is 2.80. The number of nitrogens with zero attached hydrogens (tertiary/aromatic N) is 3. The minimum Gasteiger partial charge on any atom is -0.337 e. The fraction of sp³-hybridized carbons (Fsp3) is 0.375. The van der Waals surface area contributed by atoms with Crippen LogP contribution in [0.1, 0.15) is 17.5 Å². The molecule has 6 heteroatoms. The molecule has 0 spiro atoms. The summed E-state index contributed by atoms with van der Waals surface area (Å²) >= 11 is 5.92. The van der Waals surface area contributed by atoms with Crippen LogP contribution in [0.4, 0.5) is 0 Å². The monoisotopic (exact) mass is 318 g/mol. The van der Waals surface area contributed by atoms with Gasteiger partial charge >= 0.3 is 0 Å². The minimum atomic E-state index is -0.510. The van der Waals surface area contributed by atoms with Gasteiger partial charge in [0.2, 0.25) is 11.2 Å². The first kappa shape index (κ1) is 15.1. The van der Waals surface area contributed by atoms with Gasteiger partial charge in [0.25, 0.3) is 0 Å². The summed E-state index contributed by atoms with van der Waals surface area (Å²) in [7, 11) is 0. The molecule has 1 unspecified atom stereocenters. The van der Waals surface area contributed by atoms with Gasteiger partial charge in [-0.25, -0.2) is 4.98 Å². The van der Waals surface area contributed by atoms with Gasteiger partial charge in [-0.1, -0.05) is 24.3 Å². The van der Waals surface area contributed by atoms with Crippen LogP contribution < -0.4 is 5.73 Å². The molecule has 0 radical (unpaired) electrons. The Morgan fingerprint density at radius 3 is 2.86 bits per heavy atom. The number of carbonyl (C=O) groups is 1. The molecular weight excluding hydrogens is 300 g/mol. The standard InChI is InChI=1S/C16H19ClN4O/c17-16-19-7-10-20(16)9-6-14(18)15(22)21-8-5-12-3-1-2-4-13(12)11-21/h1-4,7,10,14H,5-6,8-9,11,18H2. The molecule has 1 aliphatic heterocycles. The van der Waals surface area contributed by atoms with Crippen LogP contribution in [0.3, 0.4) is 0 Å². The van der Waals surface area contributed by atoms with Gasteiger partial charge in [0.15, 0.2) is 0 Å². The second kappa shape index (κ2) is 6.50. The molecule has 0 fully saturated rings. The molecule has 3 rings (SSSR count). The Bertz CT molecular complexity index is 670. The van der Waals surface area contributed by atoms with E-state index in [1.54, 1.807) is 17.0 Å². The fourth-order valence-corrected chi connectivity index (χ4v) is 2.99. The Labute approximate surface area is 134 Å². The van der Waals surface area contributed by atoms with Gasteiger partial charge in [0.1, 0.15) is 0 Å². The van der Waals surface area contributed by atoms with Crippen molar-refractivity contribution in [2.24, 2.45) is 5.73 Å². The number of carbonyl (C=O) groups excluding carboxylic acids is 1. The highest BCUT2D eigenvalue weighted by Crippen LogP contribution is 2.19. The lowest BCUT2D eigenvalue weighted by Crippen LogP contribution is -2.46. The Hall–Kier alpha value is -1.85. The summed E-state index contributed by atoms with van der Waals surface area (Å²) in [5, 5.41) is 0.423. The van der Waals surface area contributed by atoms with Gasteiger partial charge in [0, 0.05) is 32.0 Å². The van der Waals surface area contributed by atoms with E-state index in [9.17, 15) is 4.79 Å². The lowest BCUT2D eigenvalue weighted by Gasteiger charge is -2.30. The number of aromatic nitrogens is 2. The molecule has 0 bridgehead atoms. The molecule has 1 atom stereocenters. The van der Waals surface area contributed by atoms with E-state index in [0.29, 0.717) is 24.8 Å². The van der Waals surface area contributed by atoms with Crippen LogP contribution in [-0.2, 0) is 24.3 Å². The van der Waals surface area contributed by atoms with Crippen molar-refractivity contribution in [3.05, 3.63) is 53.1 Å². The second-order valence-electron chi connectivity index (χ2n) is 5.56. The van der Waals surface area contributed by atoms with E-state index in [1.807, 2.05) is 17.0 Å². The summed E-state index contributed by atoms with van der Waals surface area (Å²) in [6, 6.07) is 7.73. The number of hydrogen-bond donors (Lipinski definition) is 1. The SMILES string of the molecule is NC(CCn1ccnc1Cl)C(=O)N1CCc2ccccc2C1. The van der Waals surface area contributed by atoms with Crippen LogP contribution in [0.15, 0.2) is 36.7 Å². The highest BCUT2D eigenvalue weighted by Gasteiger charge is 2.24. The molecule has 116 valence electrons. The van der Waals surface area contributed by atoms with E-state index in [4.69, 9.17) is 17.3 Å². The maximum atomic E-state index is 12.5. The topological polar surface area (TPSA) is 64.2 Å². The van der Waals surface area contributed by atoms with Crippen LogP contribution in [0.2, 0.25) is 5.28 Å². The number of nitrogens with two attached hydrogens (primary N) is 1. The van der Waals surface area contributed by atoms with Gasteiger partial charge in [-0.2, -0.15) is 0 Å². The number of aryl methyl sites for hydroxylation is 1. The van der Waals surface area contributed by atoms with Crippen LogP contribution in [0.5, 0.6) is 0 Å². The first-order valence-corrected chi connectivity index (χ1v) is 7.81. The van der Waals surface area contributed by atoms with Crippen molar-refractivity contribution < 1.29 is 4.79 Å². The molecule has 0 aliphatic carbocycles. The van der Waals surface area contributed by atoms with Crippen molar-refractivity contribution in [2.75, 3.05) is 6.54 Å². The normalized spacial score (nSPS) is 15.5. The third-order valence-electron chi connectivity index (χ3n) is 4.11. The number of benzene rings is 1. The number of amides is 1. The largest absolute Gasteiger partial charge is 0.337 e. The minimum absolute atomic E-state index is 0.00532. The number of imidazole rings is 1. The van der Waals surface area contributed by atoms with Crippen molar-refractivity contribution in [3.63, 3.8) is 0 Å². The van der Waals surface area contributed by atoms with Gasteiger partial charge in [-0.05, 0) is 35.6 Å². The summed E-state index contributed by atoms with van der Waals surface area (Å²) in [5.74, 6) is 0.00532. The maximum absolute atomic E-state index is 12.5. The van der Waals surface area contributed by atoms with E-state index < -0.39 is 6.04 Å². The zero-order valence-corrected chi connectivity index (χ0v) is 13.0. The Kier molecular flexibility index (Phi) is 4.45. The van der Waals surface area contributed by atoms with Crippen LogP contribution in [0, 0.1) is 0 Å². The molecule has 22 heavy (non-hydrogen) atoms. The van der Waals surface area contributed by atoms with E-state index in [1.165, 1.54) is 11.1 Å². The molecule has 2 N–H and O–H groups in total. The smallest absolute Gasteiger partial charge is 0.239 e. The van der Waals surface area contributed by atoms with Crippen molar-refractivity contribution in [3.8, 4) is 0 Å². The second-order valence-corrected chi connectivity index (χ2v) is 5.90. The lowest BCUT2D eigenvalue weighted by molar-refractivity contribution is -0.133. The molecule has 0 saturated heterocycles. The van der Waals surface area contributed by atoms with Gasteiger partial charge < -0.3 is 15.2 Å². The quantitative estimate of drug-likeness (QED) is 0.935. The highest BCUT2D eigenvalue weighted by atomic mass is 35.5. The number of fused-ring (bicyclic) bond motifs is 1. The molecule has 5 nitrogen and oxygen atoms in total. The van der Waals surface area contributed by atoms with Crippen molar-refractivity contribution in [1.29, 1.82) is 0 Å². The average Bonchev–Trinajstić information content (AvgIpc) is 2.96. The molecule has 0 saturated carbocycles. The van der Waals surface area contributed by atoms with Gasteiger partial charge in [0.05, 0.1) is 6.04 Å². The molecule has 2 heterocycles. The van der Waals surface area contributed by atoms with Gasteiger partial charge in [-0.3, -0.25) is 4.79 Å². The number of hydrogen-bond acceptors (Lipinski definition) is 3. The zero-order chi connectivity index (χ0) is 15.5. The van der Waals surface area contributed by atoms with Crippen molar-refractivity contribution in [2.45, 2.75) is 32.0 Å². The molecule has 1 aliphatic rings. The van der Waals surface area contributed by atoms with Crippen LogP contribution in [0.25, 0.3) is 0 Å². The Morgan fingerprint density at radius 1 is 1.36 bits per heavy atom. The predicted molar refractivity (Wildman–Crippen MR) is 85.4 cm³/mol. The molecular formula is C16H19ClN4O. The van der Waals surface area contributed by atoms with E-state index in [0.717, 1.165) is 13.0 Å². The third kappa shape index (κ3) is 3.15. The zero-order valence-electron chi connectivity index (χ0n) is 12.3. The molecule has 2 aromatic rings. The third-order valence-corrected chi connectivity index (χ3v) is 4.42. The molecule has 1 aromatic carbocycles. The summed E-state index contributed by atoms with van der Waals surface area (Å²) in [5.41, 5.74) is 8.61. The molecule has 1 amide bonds. The number of rotatable bonds is 4. The summed E-state index contributed by atoms with van der Waals surface area (Å²) in [6.45, 7) is 1.97. The molecule has 1 aromatic heterocycles. The Balaban J connectivity index is 1.58. The lowest BCUT2D eigenvalue weighted by atomic mass is 9.99. The van der Waals surface area contributed by atoms with Crippen molar-refractivity contribution in [1.82, 2.24) is 14.5 Å². The van der Waals surface area contributed by atoms with E-state index >= 15 is 0 Å². The van der Waals surface area contributed by atoms with E-state index in [-0.39, 0.29) is 5.91 Å². The Morgan fingerprint density at radius 2 is 2.14 bits per heavy atom. The van der Waals surface area contributed by atoms with Crippen LogP contribution in [-0.4, -0.2) is 32.9 Å². The average molecular weight is 319 g/mol. The van der Waals surface area contributed by atoms with Crippen molar-refractivity contribution >= 4 is 17.5 Å². The first-order valence-electron chi connectivity index (χ1n) is 7.43. The van der Waals surface area contributed by atoms with Crippen LogP contribution >= 0.6 is 11.6 Å². The summed E-state index contributed by atoms with van der Waals surface area (Å²) in [4.78, 5) is 18.3. The highest BCUT2D eigenvalue weighted by molar-refractivity contribution is 6.28. The maximum Gasteiger partial charge on any atom is 0.239 e. The summed E-state index contributed by atoms with van der Waals surface area (Å²) in [6.07, 6.45) is 4.86. The number of halogens is 1. The van der Waals surface area contributed by atoms with E-state index in [2.05, 4.69) is 17.1 Å². The summed E-state index contributed by atoms with van der Waals surface area (Å²) < 4.78 is 1.79.